The first-order chi connectivity index (χ1) is 13.9. The SMILES string of the molecule is COc1cccc2sc(N(CCC[NH+](C)C)C(=O)c3ccc([N+](=O)[O-])cc3)nc12. The highest BCUT2D eigenvalue weighted by molar-refractivity contribution is 7.22. The summed E-state index contributed by atoms with van der Waals surface area (Å²) in [7, 11) is 5.71. The maximum absolute atomic E-state index is 13.2. The molecule has 0 unspecified atom stereocenters. The number of nitrogens with zero attached hydrogens (tertiary/aromatic N) is 3. The van der Waals surface area contributed by atoms with Crippen molar-refractivity contribution in [2.75, 3.05) is 39.2 Å². The normalized spacial score (nSPS) is 11.0. The summed E-state index contributed by atoms with van der Waals surface area (Å²) >= 11 is 1.42. The fraction of sp³-hybridized carbons (Fsp3) is 0.300. The summed E-state index contributed by atoms with van der Waals surface area (Å²) in [4.78, 5) is 31.2. The maximum Gasteiger partial charge on any atom is 0.269 e. The topological polar surface area (TPSA) is 90.0 Å². The van der Waals surface area contributed by atoms with E-state index in [4.69, 9.17) is 4.74 Å². The Morgan fingerprint density at radius 3 is 2.59 bits per heavy atom. The van der Waals surface area contributed by atoms with Crippen molar-refractivity contribution >= 4 is 38.3 Å². The molecule has 8 nitrogen and oxygen atoms in total. The third-order valence-electron chi connectivity index (χ3n) is 4.45. The number of amides is 1. The van der Waals surface area contributed by atoms with Gasteiger partial charge in [0.25, 0.3) is 11.6 Å². The molecule has 3 aromatic rings. The zero-order chi connectivity index (χ0) is 21.0. The first kappa shape index (κ1) is 20.7. The van der Waals surface area contributed by atoms with E-state index >= 15 is 0 Å². The number of non-ortho nitro benzene ring substituents is 1. The van der Waals surface area contributed by atoms with Gasteiger partial charge in [-0.3, -0.25) is 19.8 Å². The average molecular weight is 415 g/mol. The Kier molecular flexibility index (Phi) is 6.40. The van der Waals surface area contributed by atoms with Gasteiger partial charge in [-0.25, -0.2) is 4.98 Å². The molecule has 29 heavy (non-hydrogen) atoms. The number of aromatic nitrogens is 1. The Morgan fingerprint density at radius 1 is 1.24 bits per heavy atom. The van der Waals surface area contributed by atoms with Crippen LogP contribution in [0.5, 0.6) is 5.75 Å². The Hall–Kier alpha value is -3.04. The van der Waals surface area contributed by atoms with Gasteiger partial charge in [-0.2, -0.15) is 0 Å². The standard InChI is InChI=1S/C20H22N4O4S/c1-22(2)12-5-13-23(19(25)14-8-10-15(11-9-14)24(26)27)20-21-18-16(28-3)6-4-7-17(18)29-20/h4,6-11H,5,12-13H2,1-3H3/p+1. The highest BCUT2D eigenvalue weighted by Gasteiger charge is 2.23. The number of thiazole rings is 1. The molecule has 9 heteroatoms. The van der Waals surface area contributed by atoms with Crippen molar-refractivity contribution in [2.24, 2.45) is 0 Å². The maximum atomic E-state index is 13.2. The van der Waals surface area contributed by atoms with Crippen LogP contribution in [0.25, 0.3) is 10.2 Å². The summed E-state index contributed by atoms with van der Waals surface area (Å²) in [6.07, 6.45) is 0.800. The number of quaternary nitrogens is 1. The molecule has 0 fully saturated rings. The third-order valence-corrected chi connectivity index (χ3v) is 5.49. The van der Waals surface area contributed by atoms with Gasteiger partial charge >= 0.3 is 0 Å². The molecule has 3 rings (SSSR count). The average Bonchev–Trinajstić information content (AvgIpc) is 3.14. The van der Waals surface area contributed by atoms with E-state index in [-0.39, 0.29) is 11.6 Å². The van der Waals surface area contributed by atoms with Crippen LogP contribution in [0.1, 0.15) is 16.8 Å². The van der Waals surface area contributed by atoms with Crippen LogP contribution in [0.2, 0.25) is 0 Å². The largest absolute Gasteiger partial charge is 0.494 e. The number of hydrogen-bond acceptors (Lipinski definition) is 6. The lowest BCUT2D eigenvalue weighted by atomic mass is 10.2. The second-order valence-electron chi connectivity index (χ2n) is 6.87. The Balaban J connectivity index is 1.95. The molecule has 1 heterocycles. The number of rotatable bonds is 8. The lowest BCUT2D eigenvalue weighted by Gasteiger charge is -2.20. The molecule has 152 valence electrons. The molecule has 0 aliphatic rings. The van der Waals surface area contributed by atoms with E-state index in [1.54, 1.807) is 12.0 Å². The van der Waals surface area contributed by atoms with Crippen molar-refractivity contribution in [2.45, 2.75) is 6.42 Å². The van der Waals surface area contributed by atoms with Crippen molar-refractivity contribution in [1.82, 2.24) is 4.98 Å². The first-order valence-electron chi connectivity index (χ1n) is 9.19. The van der Waals surface area contributed by atoms with Gasteiger partial charge in [-0.15, -0.1) is 0 Å². The number of anilines is 1. The smallest absolute Gasteiger partial charge is 0.269 e. The van der Waals surface area contributed by atoms with Gasteiger partial charge in [-0.05, 0) is 24.3 Å². The minimum absolute atomic E-state index is 0.0472. The van der Waals surface area contributed by atoms with Crippen molar-refractivity contribution in [1.29, 1.82) is 0 Å². The number of hydrogen-bond donors (Lipinski definition) is 1. The lowest BCUT2D eigenvalue weighted by molar-refractivity contribution is -0.858. The molecule has 0 spiro atoms. The summed E-state index contributed by atoms with van der Waals surface area (Å²) < 4.78 is 6.32. The van der Waals surface area contributed by atoms with Crippen LogP contribution in [0.15, 0.2) is 42.5 Å². The highest BCUT2D eigenvalue weighted by Crippen LogP contribution is 2.34. The van der Waals surface area contributed by atoms with Crippen LogP contribution in [-0.2, 0) is 0 Å². The molecule has 0 atom stereocenters. The fourth-order valence-electron chi connectivity index (χ4n) is 2.95. The zero-order valence-electron chi connectivity index (χ0n) is 16.5. The van der Waals surface area contributed by atoms with Gasteiger partial charge in [0.1, 0.15) is 11.3 Å². The predicted octanol–water partition coefficient (Wildman–Crippen LogP) is 2.39. The quantitative estimate of drug-likeness (QED) is 0.451. The van der Waals surface area contributed by atoms with Gasteiger partial charge in [0, 0.05) is 30.7 Å². The summed E-state index contributed by atoms with van der Waals surface area (Å²) in [5, 5.41) is 11.5. The van der Waals surface area contributed by atoms with E-state index in [1.165, 1.54) is 40.5 Å². The Bertz CT molecular complexity index is 1020. The predicted molar refractivity (Wildman–Crippen MR) is 113 cm³/mol. The number of nitro groups is 1. The van der Waals surface area contributed by atoms with E-state index in [2.05, 4.69) is 19.1 Å². The fourth-order valence-corrected chi connectivity index (χ4v) is 3.96. The van der Waals surface area contributed by atoms with E-state index in [1.807, 2.05) is 18.2 Å². The molecule has 0 aliphatic heterocycles. The molecule has 0 bridgehead atoms. The first-order valence-corrected chi connectivity index (χ1v) is 10.0. The molecule has 2 aromatic carbocycles. The van der Waals surface area contributed by atoms with E-state index in [9.17, 15) is 14.9 Å². The van der Waals surface area contributed by atoms with E-state index in [0.717, 1.165) is 23.2 Å². The highest BCUT2D eigenvalue weighted by atomic mass is 32.1. The minimum atomic E-state index is -0.480. The molecule has 0 aliphatic carbocycles. The summed E-state index contributed by atoms with van der Waals surface area (Å²) in [6, 6.07) is 11.3. The zero-order valence-corrected chi connectivity index (χ0v) is 17.4. The van der Waals surface area contributed by atoms with Gasteiger partial charge < -0.3 is 9.64 Å². The number of ether oxygens (including phenoxy) is 1. The van der Waals surface area contributed by atoms with Gasteiger partial charge in [0.15, 0.2) is 5.13 Å². The number of nitrogens with one attached hydrogen (secondary N) is 1. The molecule has 1 N–H and O–H groups in total. The number of nitro benzene ring substituents is 1. The van der Waals surface area contributed by atoms with Crippen LogP contribution >= 0.6 is 11.3 Å². The van der Waals surface area contributed by atoms with Crippen molar-refractivity contribution in [3.63, 3.8) is 0 Å². The molecule has 1 aromatic heterocycles. The van der Waals surface area contributed by atoms with E-state index in [0.29, 0.717) is 23.0 Å². The number of para-hydroxylation sites is 1. The van der Waals surface area contributed by atoms with Crippen LogP contribution < -0.4 is 14.5 Å². The van der Waals surface area contributed by atoms with Crippen molar-refractivity contribution in [3.8, 4) is 5.75 Å². The van der Waals surface area contributed by atoms with Gasteiger partial charge in [0.05, 0.1) is 37.4 Å². The number of fused-ring (bicyclic) bond motifs is 1. The second-order valence-corrected chi connectivity index (χ2v) is 7.88. The van der Waals surface area contributed by atoms with Crippen molar-refractivity contribution < 1.29 is 19.4 Å². The Labute approximate surface area is 172 Å². The van der Waals surface area contributed by atoms with Gasteiger partial charge in [-0.1, -0.05) is 17.4 Å². The monoisotopic (exact) mass is 415 g/mol. The molecule has 0 saturated heterocycles. The third kappa shape index (κ3) is 4.69. The minimum Gasteiger partial charge on any atom is -0.494 e. The second kappa shape index (κ2) is 8.97. The van der Waals surface area contributed by atoms with E-state index < -0.39 is 4.92 Å². The lowest BCUT2D eigenvalue weighted by Crippen LogP contribution is -3.05. The number of benzene rings is 2. The van der Waals surface area contributed by atoms with Crippen LogP contribution in [0.3, 0.4) is 0 Å². The Morgan fingerprint density at radius 2 is 1.97 bits per heavy atom. The molecule has 1 amide bonds. The van der Waals surface area contributed by atoms with Crippen LogP contribution in [-0.4, -0.2) is 50.1 Å². The summed E-state index contributed by atoms with van der Waals surface area (Å²) in [5.41, 5.74) is 1.06. The number of carbonyl (C=O) groups is 1. The molecular weight excluding hydrogens is 392 g/mol. The molecule has 0 saturated carbocycles. The van der Waals surface area contributed by atoms with Gasteiger partial charge in [0.2, 0.25) is 0 Å². The van der Waals surface area contributed by atoms with Crippen LogP contribution in [0, 0.1) is 10.1 Å². The summed E-state index contributed by atoms with van der Waals surface area (Å²) in [5.74, 6) is 0.428. The number of carbonyl (C=O) groups excluding carboxylic acids is 1. The molecule has 0 radical (unpaired) electrons. The van der Waals surface area contributed by atoms with Crippen molar-refractivity contribution in [3.05, 3.63) is 58.1 Å². The van der Waals surface area contributed by atoms with Crippen LogP contribution in [0.4, 0.5) is 10.8 Å². The summed E-state index contributed by atoms with van der Waals surface area (Å²) in [6.45, 7) is 1.40. The number of methoxy groups -OCH3 is 1. The molecular formula is C20H23N4O4S+.